The van der Waals surface area contributed by atoms with E-state index in [0.29, 0.717) is 30.3 Å². The summed E-state index contributed by atoms with van der Waals surface area (Å²) in [6, 6.07) is 14.9. The highest BCUT2D eigenvalue weighted by Crippen LogP contribution is 2.29. The molecule has 1 aliphatic heterocycles. The van der Waals surface area contributed by atoms with Gasteiger partial charge in [0.15, 0.2) is 0 Å². The Hall–Kier alpha value is -2.90. The molecule has 2 heterocycles. The van der Waals surface area contributed by atoms with Crippen LogP contribution in [0.5, 0.6) is 5.75 Å². The number of rotatable bonds is 7. The molecule has 156 valence electrons. The van der Waals surface area contributed by atoms with Crippen LogP contribution in [0.3, 0.4) is 0 Å². The van der Waals surface area contributed by atoms with E-state index < -0.39 is 6.10 Å². The summed E-state index contributed by atoms with van der Waals surface area (Å²) in [5.41, 5.74) is 1.84. The van der Waals surface area contributed by atoms with E-state index in [1.54, 1.807) is 41.3 Å². The van der Waals surface area contributed by atoms with E-state index in [4.69, 9.17) is 16.3 Å². The van der Waals surface area contributed by atoms with Crippen molar-refractivity contribution >= 4 is 17.5 Å². The second-order valence-electron chi connectivity index (χ2n) is 7.40. The molecule has 1 saturated heterocycles. The third-order valence-corrected chi connectivity index (χ3v) is 5.48. The van der Waals surface area contributed by atoms with Gasteiger partial charge in [0.2, 0.25) is 0 Å². The van der Waals surface area contributed by atoms with Crippen molar-refractivity contribution in [2.24, 2.45) is 0 Å². The standard InChI is InChI=1S/C22H23ClN4O3/c23-19-5-1-16(2-6-19)18-9-11-26(13-18)22(29)17-3-7-21(8-4-17)30-15-20(28)14-27-12-10-24-25-27/h1-8,10,12,18,20,28H,9,11,13-15H2. The van der Waals surface area contributed by atoms with Gasteiger partial charge in [-0.05, 0) is 48.4 Å². The van der Waals surface area contributed by atoms with Crippen LogP contribution in [0, 0.1) is 0 Å². The number of carbonyl (C=O) groups is 1. The topological polar surface area (TPSA) is 80.5 Å². The highest BCUT2D eigenvalue weighted by molar-refractivity contribution is 6.30. The predicted molar refractivity (Wildman–Crippen MR) is 113 cm³/mol. The van der Waals surface area contributed by atoms with Crippen LogP contribution in [-0.4, -0.2) is 56.7 Å². The first-order valence-electron chi connectivity index (χ1n) is 9.88. The maximum absolute atomic E-state index is 12.8. The number of benzene rings is 2. The number of aromatic nitrogens is 3. The second kappa shape index (κ2) is 9.28. The normalized spacial score (nSPS) is 17.1. The van der Waals surface area contributed by atoms with Crippen molar-refractivity contribution in [1.82, 2.24) is 19.9 Å². The Bertz CT molecular complexity index is 961. The van der Waals surface area contributed by atoms with E-state index in [1.165, 1.54) is 5.56 Å². The third-order valence-electron chi connectivity index (χ3n) is 5.23. The van der Waals surface area contributed by atoms with Gasteiger partial charge >= 0.3 is 0 Å². The maximum atomic E-state index is 12.8. The van der Waals surface area contributed by atoms with Gasteiger partial charge < -0.3 is 14.7 Å². The molecule has 3 aromatic rings. The van der Waals surface area contributed by atoms with Gasteiger partial charge in [0, 0.05) is 35.8 Å². The molecule has 2 atom stereocenters. The first kappa shape index (κ1) is 20.4. The van der Waals surface area contributed by atoms with Crippen LogP contribution >= 0.6 is 11.6 Å². The molecule has 2 aromatic carbocycles. The number of hydrogen-bond acceptors (Lipinski definition) is 5. The van der Waals surface area contributed by atoms with Gasteiger partial charge in [-0.15, -0.1) is 5.10 Å². The van der Waals surface area contributed by atoms with Gasteiger partial charge in [0.25, 0.3) is 5.91 Å². The molecular formula is C22H23ClN4O3. The number of ether oxygens (including phenoxy) is 1. The van der Waals surface area contributed by atoms with Gasteiger partial charge in [-0.2, -0.15) is 0 Å². The molecule has 0 bridgehead atoms. The lowest BCUT2D eigenvalue weighted by molar-refractivity contribution is 0.0789. The van der Waals surface area contributed by atoms with Crippen molar-refractivity contribution in [1.29, 1.82) is 0 Å². The quantitative estimate of drug-likeness (QED) is 0.628. The molecule has 1 amide bonds. The molecule has 30 heavy (non-hydrogen) atoms. The number of likely N-dealkylation sites (tertiary alicyclic amines) is 1. The third kappa shape index (κ3) is 4.98. The van der Waals surface area contributed by atoms with E-state index in [-0.39, 0.29) is 12.5 Å². The van der Waals surface area contributed by atoms with Crippen LogP contribution in [0.15, 0.2) is 60.9 Å². The van der Waals surface area contributed by atoms with Crippen LogP contribution in [0.4, 0.5) is 0 Å². The fourth-order valence-corrected chi connectivity index (χ4v) is 3.75. The summed E-state index contributed by atoms with van der Waals surface area (Å²) >= 11 is 5.97. The molecule has 7 nitrogen and oxygen atoms in total. The molecule has 8 heteroatoms. The van der Waals surface area contributed by atoms with E-state index in [2.05, 4.69) is 10.3 Å². The Morgan fingerprint density at radius 1 is 1.20 bits per heavy atom. The van der Waals surface area contributed by atoms with E-state index in [9.17, 15) is 9.90 Å². The molecule has 0 saturated carbocycles. The van der Waals surface area contributed by atoms with Crippen molar-refractivity contribution in [3.8, 4) is 5.75 Å². The van der Waals surface area contributed by atoms with E-state index in [0.717, 1.165) is 18.0 Å². The largest absolute Gasteiger partial charge is 0.491 e. The first-order valence-corrected chi connectivity index (χ1v) is 10.3. The van der Waals surface area contributed by atoms with Gasteiger partial charge in [-0.1, -0.05) is 28.9 Å². The number of halogens is 1. The summed E-state index contributed by atoms with van der Waals surface area (Å²) in [4.78, 5) is 14.7. The molecule has 0 aliphatic carbocycles. The zero-order valence-corrected chi connectivity index (χ0v) is 17.2. The molecule has 1 fully saturated rings. The minimum atomic E-state index is -0.706. The Balaban J connectivity index is 1.29. The lowest BCUT2D eigenvalue weighted by Gasteiger charge is -2.17. The lowest BCUT2D eigenvalue weighted by atomic mass is 9.99. The number of aliphatic hydroxyl groups excluding tert-OH is 1. The highest BCUT2D eigenvalue weighted by atomic mass is 35.5. The number of amides is 1. The maximum Gasteiger partial charge on any atom is 0.253 e. The minimum absolute atomic E-state index is 0.0178. The smallest absolute Gasteiger partial charge is 0.253 e. The summed E-state index contributed by atoms with van der Waals surface area (Å²) < 4.78 is 7.16. The van der Waals surface area contributed by atoms with Crippen molar-refractivity contribution in [2.75, 3.05) is 19.7 Å². The zero-order valence-electron chi connectivity index (χ0n) is 16.4. The Labute approximate surface area is 179 Å². The monoisotopic (exact) mass is 426 g/mol. The molecule has 0 radical (unpaired) electrons. The van der Waals surface area contributed by atoms with E-state index >= 15 is 0 Å². The fraction of sp³-hybridized carbons (Fsp3) is 0.318. The average Bonchev–Trinajstić information content (AvgIpc) is 3.45. The number of hydrogen-bond donors (Lipinski definition) is 1. The Morgan fingerprint density at radius 2 is 1.97 bits per heavy atom. The molecule has 4 rings (SSSR count). The van der Waals surface area contributed by atoms with Gasteiger partial charge in [-0.3, -0.25) is 4.79 Å². The summed E-state index contributed by atoms with van der Waals surface area (Å²) in [5, 5.41) is 18.3. The molecule has 0 spiro atoms. The molecule has 1 N–H and O–H groups in total. The SMILES string of the molecule is O=C(c1ccc(OCC(O)Cn2ccnn2)cc1)N1CCC(c2ccc(Cl)cc2)C1. The average molecular weight is 427 g/mol. The number of aliphatic hydroxyl groups is 1. The van der Waals surface area contributed by atoms with Gasteiger partial charge in [0.1, 0.15) is 18.5 Å². The lowest BCUT2D eigenvalue weighted by Crippen LogP contribution is -2.28. The zero-order chi connectivity index (χ0) is 20.9. The van der Waals surface area contributed by atoms with Crippen LogP contribution in [0.1, 0.15) is 28.3 Å². The molecular weight excluding hydrogens is 404 g/mol. The van der Waals surface area contributed by atoms with Crippen LogP contribution in [-0.2, 0) is 6.54 Å². The molecule has 2 unspecified atom stereocenters. The van der Waals surface area contributed by atoms with Crippen LogP contribution in [0.25, 0.3) is 0 Å². The number of carbonyl (C=O) groups excluding carboxylic acids is 1. The first-order chi connectivity index (χ1) is 14.6. The predicted octanol–water partition coefficient (Wildman–Crippen LogP) is 3.00. The van der Waals surface area contributed by atoms with Gasteiger partial charge in [0.05, 0.1) is 12.7 Å². The molecule has 1 aliphatic rings. The minimum Gasteiger partial charge on any atom is -0.491 e. The fourth-order valence-electron chi connectivity index (χ4n) is 3.62. The van der Waals surface area contributed by atoms with Crippen molar-refractivity contribution in [2.45, 2.75) is 25.0 Å². The summed E-state index contributed by atoms with van der Waals surface area (Å²) in [6.45, 7) is 1.87. The second-order valence-corrected chi connectivity index (χ2v) is 7.84. The van der Waals surface area contributed by atoms with E-state index in [1.807, 2.05) is 29.2 Å². The summed E-state index contributed by atoms with van der Waals surface area (Å²) in [6.07, 6.45) is 3.47. The van der Waals surface area contributed by atoms with Crippen molar-refractivity contribution in [3.63, 3.8) is 0 Å². The Kier molecular flexibility index (Phi) is 6.30. The summed E-state index contributed by atoms with van der Waals surface area (Å²) in [7, 11) is 0. The van der Waals surface area contributed by atoms with Crippen LogP contribution < -0.4 is 4.74 Å². The highest BCUT2D eigenvalue weighted by Gasteiger charge is 2.28. The number of nitrogens with zero attached hydrogens (tertiary/aromatic N) is 4. The van der Waals surface area contributed by atoms with Crippen LogP contribution in [0.2, 0.25) is 5.02 Å². The van der Waals surface area contributed by atoms with Crippen molar-refractivity contribution < 1.29 is 14.6 Å². The summed E-state index contributed by atoms with van der Waals surface area (Å²) in [5.74, 6) is 0.953. The van der Waals surface area contributed by atoms with Gasteiger partial charge in [-0.25, -0.2) is 4.68 Å². The molecule has 1 aromatic heterocycles. The van der Waals surface area contributed by atoms with Crippen molar-refractivity contribution in [3.05, 3.63) is 77.1 Å². The Morgan fingerprint density at radius 3 is 2.67 bits per heavy atom.